The number of benzene rings is 2. The summed E-state index contributed by atoms with van der Waals surface area (Å²) < 4.78 is 27.9. The molecule has 0 bridgehead atoms. The van der Waals surface area contributed by atoms with Crippen LogP contribution in [0.2, 0.25) is 0 Å². The van der Waals surface area contributed by atoms with E-state index in [1.807, 2.05) is 29.6 Å². The minimum Gasteiger partial charge on any atom is -0.325 e. The first-order valence-corrected chi connectivity index (χ1v) is 14.1. The summed E-state index contributed by atoms with van der Waals surface area (Å²) in [4.78, 5) is 31.1. The van der Waals surface area contributed by atoms with Crippen molar-refractivity contribution in [2.45, 2.75) is 38.6 Å². The topological polar surface area (TPSA) is 101 Å². The number of aromatic nitrogens is 2. The fourth-order valence-corrected chi connectivity index (χ4v) is 6.36. The summed E-state index contributed by atoms with van der Waals surface area (Å²) in [6.45, 7) is 6.19. The predicted octanol–water partition coefficient (Wildman–Crippen LogP) is 4.36. The van der Waals surface area contributed by atoms with Crippen LogP contribution in [0.5, 0.6) is 0 Å². The van der Waals surface area contributed by atoms with E-state index in [9.17, 15) is 18.0 Å². The van der Waals surface area contributed by atoms with Crippen LogP contribution in [0.25, 0.3) is 21.3 Å². The van der Waals surface area contributed by atoms with E-state index < -0.39 is 15.9 Å². The zero-order valence-corrected chi connectivity index (χ0v) is 22.0. The average Bonchev–Trinajstić information content (AvgIpc) is 3.31. The number of fused-ring (bicyclic) bond motifs is 1. The maximum Gasteiger partial charge on any atom is 0.263 e. The van der Waals surface area contributed by atoms with Crippen LogP contribution in [-0.4, -0.2) is 41.3 Å². The first kappa shape index (κ1) is 25.7. The van der Waals surface area contributed by atoms with E-state index in [4.69, 9.17) is 0 Å². The van der Waals surface area contributed by atoms with Crippen LogP contribution >= 0.6 is 11.3 Å². The molecular formula is C26H28N4O4S2. The molecule has 4 aromatic rings. The number of carbonyl (C=O) groups excluding carboxylic acids is 1. The van der Waals surface area contributed by atoms with Crippen molar-refractivity contribution < 1.29 is 13.2 Å². The second-order valence-electron chi connectivity index (χ2n) is 8.22. The number of amides is 1. The van der Waals surface area contributed by atoms with Gasteiger partial charge in [-0.25, -0.2) is 13.4 Å². The number of anilines is 1. The second-order valence-corrected chi connectivity index (χ2v) is 11.0. The molecule has 1 N–H and O–H groups in total. The van der Waals surface area contributed by atoms with Crippen molar-refractivity contribution in [3.05, 3.63) is 76.2 Å². The molecule has 0 radical (unpaired) electrons. The van der Waals surface area contributed by atoms with Crippen LogP contribution in [0.3, 0.4) is 0 Å². The number of rotatable bonds is 9. The Labute approximate surface area is 214 Å². The van der Waals surface area contributed by atoms with Gasteiger partial charge in [-0.1, -0.05) is 45.0 Å². The van der Waals surface area contributed by atoms with E-state index >= 15 is 0 Å². The van der Waals surface area contributed by atoms with Gasteiger partial charge in [-0.15, -0.1) is 11.3 Å². The van der Waals surface area contributed by atoms with E-state index in [1.54, 1.807) is 13.8 Å². The first-order chi connectivity index (χ1) is 17.3. The van der Waals surface area contributed by atoms with Crippen LogP contribution in [0, 0.1) is 0 Å². The van der Waals surface area contributed by atoms with Gasteiger partial charge in [0, 0.05) is 29.7 Å². The molecule has 10 heteroatoms. The van der Waals surface area contributed by atoms with E-state index in [0.29, 0.717) is 29.0 Å². The van der Waals surface area contributed by atoms with Crippen LogP contribution in [-0.2, 0) is 27.8 Å². The zero-order chi connectivity index (χ0) is 25.9. The lowest BCUT2D eigenvalue weighted by molar-refractivity contribution is -0.116. The largest absolute Gasteiger partial charge is 0.325 e. The molecule has 0 atom stereocenters. The van der Waals surface area contributed by atoms with Gasteiger partial charge in [-0.05, 0) is 41.8 Å². The molecule has 0 aliphatic rings. The monoisotopic (exact) mass is 524 g/mol. The number of aryl methyl sites for hydroxylation is 1. The normalized spacial score (nSPS) is 11.8. The maximum absolute atomic E-state index is 13.2. The quantitative estimate of drug-likeness (QED) is 0.351. The Kier molecular flexibility index (Phi) is 7.67. The molecule has 188 valence electrons. The van der Waals surface area contributed by atoms with Gasteiger partial charge in [0.15, 0.2) is 0 Å². The van der Waals surface area contributed by atoms with Crippen molar-refractivity contribution in [2.75, 3.05) is 18.4 Å². The van der Waals surface area contributed by atoms with Gasteiger partial charge in [0.25, 0.3) is 5.56 Å². The smallest absolute Gasteiger partial charge is 0.263 e. The van der Waals surface area contributed by atoms with Crippen molar-refractivity contribution >= 4 is 43.2 Å². The molecule has 2 aromatic carbocycles. The fourth-order valence-electron chi connectivity index (χ4n) is 3.99. The summed E-state index contributed by atoms with van der Waals surface area (Å²) in [5, 5.41) is 5.13. The highest BCUT2D eigenvalue weighted by Gasteiger charge is 2.21. The molecule has 4 rings (SSSR count). The Hall–Kier alpha value is -3.34. The third-order valence-electron chi connectivity index (χ3n) is 6.03. The molecule has 0 saturated heterocycles. The van der Waals surface area contributed by atoms with Gasteiger partial charge < -0.3 is 5.32 Å². The van der Waals surface area contributed by atoms with Crippen LogP contribution in [0.1, 0.15) is 26.3 Å². The number of hydrogen-bond donors (Lipinski definition) is 1. The van der Waals surface area contributed by atoms with Gasteiger partial charge in [-0.2, -0.15) is 4.31 Å². The summed E-state index contributed by atoms with van der Waals surface area (Å²) in [6.07, 6.45) is 2.31. The molecule has 0 saturated carbocycles. The summed E-state index contributed by atoms with van der Waals surface area (Å²) >= 11 is 1.39. The molecule has 0 aliphatic carbocycles. The SMILES string of the molecule is CCc1ccc(-c2csc3ncn(CC(=O)Nc4ccc(S(=O)(=O)N(CC)CC)cc4)c(=O)c23)cc1. The van der Waals surface area contributed by atoms with Gasteiger partial charge >= 0.3 is 0 Å². The van der Waals surface area contributed by atoms with E-state index in [-0.39, 0.29) is 17.0 Å². The molecule has 0 spiro atoms. The zero-order valence-electron chi connectivity index (χ0n) is 20.4. The third-order valence-corrected chi connectivity index (χ3v) is 8.98. The highest BCUT2D eigenvalue weighted by molar-refractivity contribution is 7.89. The molecule has 0 fully saturated rings. The predicted molar refractivity (Wildman–Crippen MR) is 144 cm³/mol. The van der Waals surface area contributed by atoms with Gasteiger partial charge in [0.05, 0.1) is 16.6 Å². The fraction of sp³-hybridized carbons (Fsp3) is 0.269. The number of nitrogens with zero attached hydrogens (tertiary/aromatic N) is 3. The molecule has 0 aliphatic heterocycles. The summed E-state index contributed by atoms with van der Waals surface area (Å²) in [6, 6.07) is 14.1. The number of hydrogen-bond acceptors (Lipinski definition) is 6. The van der Waals surface area contributed by atoms with E-state index in [0.717, 1.165) is 17.5 Å². The minimum atomic E-state index is -3.58. The van der Waals surface area contributed by atoms with E-state index in [2.05, 4.69) is 17.2 Å². The van der Waals surface area contributed by atoms with Gasteiger partial charge in [0.2, 0.25) is 15.9 Å². The van der Waals surface area contributed by atoms with Gasteiger partial charge in [0.1, 0.15) is 11.4 Å². The molecule has 2 aromatic heterocycles. The Balaban J connectivity index is 1.53. The summed E-state index contributed by atoms with van der Waals surface area (Å²) in [5.74, 6) is -0.415. The standard InChI is InChI=1S/C26H28N4O4S2/c1-4-18-7-9-19(10-8-18)22-16-35-25-24(22)26(32)29(17-27-25)15-23(31)28-20-11-13-21(14-12-20)36(33,34)30(5-2)6-3/h7-14,16-17H,4-6,15H2,1-3H3,(H,28,31). The number of sulfonamides is 1. The Morgan fingerprint density at radius 2 is 1.69 bits per heavy atom. The summed E-state index contributed by atoms with van der Waals surface area (Å²) in [7, 11) is -3.58. The Bertz CT molecular complexity index is 1540. The van der Waals surface area contributed by atoms with Gasteiger partial charge in [-0.3, -0.25) is 14.2 Å². The van der Waals surface area contributed by atoms with Crippen molar-refractivity contribution in [1.82, 2.24) is 13.9 Å². The van der Waals surface area contributed by atoms with Crippen molar-refractivity contribution in [3.8, 4) is 11.1 Å². The third kappa shape index (κ3) is 5.11. The number of carbonyl (C=O) groups is 1. The Morgan fingerprint density at radius 1 is 1.03 bits per heavy atom. The van der Waals surface area contributed by atoms with Crippen molar-refractivity contribution in [1.29, 1.82) is 0 Å². The lowest BCUT2D eigenvalue weighted by Crippen LogP contribution is -2.30. The highest BCUT2D eigenvalue weighted by Crippen LogP contribution is 2.30. The Morgan fingerprint density at radius 3 is 2.31 bits per heavy atom. The van der Waals surface area contributed by atoms with Crippen LogP contribution in [0.15, 0.2) is 69.9 Å². The van der Waals surface area contributed by atoms with Crippen molar-refractivity contribution in [2.24, 2.45) is 0 Å². The number of nitrogens with one attached hydrogen (secondary N) is 1. The molecule has 8 nitrogen and oxygen atoms in total. The molecule has 1 amide bonds. The lowest BCUT2D eigenvalue weighted by atomic mass is 10.0. The molecule has 2 heterocycles. The molecular weight excluding hydrogens is 496 g/mol. The highest BCUT2D eigenvalue weighted by atomic mass is 32.2. The van der Waals surface area contributed by atoms with Crippen LogP contribution in [0.4, 0.5) is 5.69 Å². The maximum atomic E-state index is 13.2. The van der Waals surface area contributed by atoms with E-state index in [1.165, 1.54) is 56.4 Å². The minimum absolute atomic E-state index is 0.159. The second kappa shape index (κ2) is 10.7. The summed E-state index contributed by atoms with van der Waals surface area (Å²) in [5.41, 5.74) is 3.10. The molecule has 36 heavy (non-hydrogen) atoms. The number of thiophene rings is 1. The van der Waals surface area contributed by atoms with Crippen LogP contribution < -0.4 is 10.9 Å². The first-order valence-electron chi connectivity index (χ1n) is 11.7. The van der Waals surface area contributed by atoms with Crippen molar-refractivity contribution in [3.63, 3.8) is 0 Å². The average molecular weight is 525 g/mol. The lowest BCUT2D eigenvalue weighted by Gasteiger charge is -2.18. The molecule has 0 unspecified atom stereocenters.